The summed E-state index contributed by atoms with van der Waals surface area (Å²) in [5.74, 6) is 0. The van der Waals surface area contributed by atoms with Gasteiger partial charge in [-0.1, -0.05) is 164 Å². The van der Waals surface area contributed by atoms with Crippen LogP contribution in [-0.4, -0.2) is 0 Å². The van der Waals surface area contributed by atoms with Gasteiger partial charge in [0.15, 0.2) is 0 Å². The summed E-state index contributed by atoms with van der Waals surface area (Å²) >= 11 is 0. The molecule has 0 N–H and O–H groups in total. The van der Waals surface area contributed by atoms with Crippen molar-refractivity contribution in [1.82, 2.24) is 0 Å². The van der Waals surface area contributed by atoms with Gasteiger partial charge in [-0.05, 0) is 92.7 Å². The van der Waals surface area contributed by atoms with Crippen LogP contribution in [0.5, 0.6) is 0 Å². The van der Waals surface area contributed by atoms with Gasteiger partial charge in [0, 0.05) is 16.8 Å². The van der Waals surface area contributed by atoms with Crippen molar-refractivity contribution in [3.63, 3.8) is 0 Å². The molecule has 8 rings (SSSR count). The Labute approximate surface area is 283 Å². The zero-order chi connectivity index (χ0) is 32.3. The minimum Gasteiger partial charge on any atom is -0.310 e. The van der Waals surface area contributed by atoms with E-state index in [1.54, 1.807) is 0 Å². The molecule has 0 saturated heterocycles. The summed E-state index contributed by atoms with van der Waals surface area (Å²) in [7, 11) is 0. The predicted octanol–water partition coefficient (Wildman–Crippen LogP) is 13.3. The molecule has 0 saturated carbocycles. The maximum atomic E-state index is 2.42. The highest BCUT2D eigenvalue weighted by Gasteiger charge is 2.21. The molecule has 0 aliphatic carbocycles. The van der Waals surface area contributed by atoms with Crippen LogP contribution in [0.15, 0.2) is 194 Å². The summed E-state index contributed by atoms with van der Waals surface area (Å²) in [5, 5.41) is 2.42. The molecule has 0 radical (unpaired) electrons. The quantitative estimate of drug-likeness (QED) is 0.173. The monoisotopic (exact) mass is 613 g/mol. The Morgan fingerprint density at radius 1 is 0.333 bits per heavy atom. The number of nitrogens with zero attached hydrogens (tertiary/aromatic N) is 1. The van der Waals surface area contributed by atoms with Crippen LogP contribution in [0.4, 0.5) is 17.1 Å². The van der Waals surface area contributed by atoms with Crippen LogP contribution in [0.1, 0.15) is 5.56 Å². The van der Waals surface area contributed by atoms with Crippen molar-refractivity contribution in [2.75, 3.05) is 4.90 Å². The molecule has 228 valence electrons. The lowest BCUT2D eigenvalue weighted by Gasteiger charge is -2.29. The fraction of sp³-hybridized carbons (Fsp3) is 0.0213. The highest BCUT2D eigenvalue weighted by molar-refractivity contribution is 6.11. The van der Waals surface area contributed by atoms with Crippen molar-refractivity contribution in [3.05, 3.63) is 200 Å². The van der Waals surface area contributed by atoms with Crippen LogP contribution in [0.3, 0.4) is 0 Å². The van der Waals surface area contributed by atoms with Gasteiger partial charge in [0.05, 0.1) is 5.69 Å². The maximum Gasteiger partial charge on any atom is 0.0546 e. The molecule has 0 bridgehead atoms. The molecule has 0 aromatic heterocycles. The topological polar surface area (TPSA) is 3.24 Å². The van der Waals surface area contributed by atoms with Crippen LogP contribution in [0, 0.1) is 6.92 Å². The first-order chi connectivity index (χ1) is 23.7. The number of hydrogen-bond donors (Lipinski definition) is 0. The number of fused-ring (bicyclic) bond motifs is 1. The van der Waals surface area contributed by atoms with Gasteiger partial charge < -0.3 is 4.90 Å². The number of anilines is 3. The molecule has 0 aliphatic rings. The van der Waals surface area contributed by atoms with Gasteiger partial charge in [-0.15, -0.1) is 0 Å². The Hall–Kier alpha value is -6.18. The summed E-state index contributed by atoms with van der Waals surface area (Å²) in [6.07, 6.45) is 0. The lowest BCUT2D eigenvalue weighted by Crippen LogP contribution is -2.11. The zero-order valence-corrected chi connectivity index (χ0v) is 26.9. The number of aryl methyl sites for hydroxylation is 1. The number of hydrogen-bond acceptors (Lipinski definition) is 1. The SMILES string of the molecule is Cc1ccccc1-c1ccc(N(c2ccc(-c3ccccc3)cc2)c2cc(-c3ccccc3)c(-c3ccccc3)c3ccccc23)cc1. The Morgan fingerprint density at radius 2 is 0.771 bits per heavy atom. The van der Waals surface area contributed by atoms with Gasteiger partial charge in [-0.2, -0.15) is 0 Å². The zero-order valence-electron chi connectivity index (χ0n) is 26.9. The van der Waals surface area contributed by atoms with Gasteiger partial charge in [-0.3, -0.25) is 0 Å². The highest BCUT2D eigenvalue weighted by Crippen LogP contribution is 2.47. The fourth-order valence-corrected chi connectivity index (χ4v) is 6.85. The van der Waals surface area contributed by atoms with Crippen LogP contribution in [0.25, 0.3) is 55.3 Å². The molecule has 0 unspecified atom stereocenters. The lowest BCUT2D eigenvalue weighted by atomic mass is 9.88. The van der Waals surface area contributed by atoms with Gasteiger partial charge >= 0.3 is 0 Å². The predicted molar refractivity (Wildman–Crippen MR) is 205 cm³/mol. The van der Waals surface area contributed by atoms with Gasteiger partial charge in [0.25, 0.3) is 0 Å². The van der Waals surface area contributed by atoms with Gasteiger partial charge in [0.1, 0.15) is 0 Å². The Morgan fingerprint density at radius 3 is 1.38 bits per heavy atom. The average molecular weight is 614 g/mol. The largest absolute Gasteiger partial charge is 0.310 e. The smallest absolute Gasteiger partial charge is 0.0546 e. The second-order valence-electron chi connectivity index (χ2n) is 12.2. The van der Waals surface area contributed by atoms with Crippen molar-refractivity contribution in [2.24, 2.45) is 0 Å². The van der Waals surface area contributed by atoms with Crippen molar-refractivity contribution >= 4 is 27.8 Å². The molecule has 0 heterocycles. The van der Waals surface area contributed by atoms with Gasteiger partial charge in [-0.25, -0.2) is 0 Å². The molecule has 1 heteroatoms. The first-order valence-corrected chi connectivity index (χ1v) is 16.5. The Kier molecular flexibility index (Phi) is 7.86. The maximum absolute atomic E-state index is 2.42. The van der Waals surface area contributed by atoms with Crippen LogP contribution in [0.2, 0.25) is 0 Å². The van der Waals surface area contributed by atoms with Crippen LogP contribution < -0.4 is 4.90 Å². The second kappa shape index (κ2) is 12.9. The lowest BCUT2D eigenvalue weighted by molar-refractivity contribution is 1.30. The molecule has 0 aliphatic heterocycles. The van der Waals surface area contributed by atoms with Crippen LogP contribution in [-0.2, 0) is 0 Å². The van der Waals surface area contributed by atoms with E-state index in [2.05, 4.69) is 206 Å². The first kappa shape index (κ1) is 29.2. The molecule has 8 aromatic rings. The fourth-order valence-electron chi connectivity index (χ4n) is 6.85. The van der Waals surface area contributed by atoms with E-state index in [9.17, 15) is 0 Å². The van der Waals surface area contributed by atoms with Crippen molar-refractivity contribution in [1.29, 1.82) is 0 Å². The van der Waals surface area contributed by atoms with E-state index < -0.39 is 0 Å². The van der Waals surface area contributed by atoms with Crippen LogP contribution >= 0.6 is 0 Å². The summed E-state index contributed by atoms with van der Waals surface area (Å²) < 4.78 is 0. The summed E-state index contributed by atoms with van der Waals surface area (Å²) in [6, 6.07) is 70.0. The molecule has 1 nitrogen and oxygen atoms in total. The van der Waals surface area contributed by atoms with E-state index in [-0.39, 0.29) is 0 Å². The Balaban J connectivity index is 1.37. The summed E-state index contributed by atoms with van der Waals surface area (Å²) in [6.45, 7) is 2.18. The molecular formula is C47H35N. The molecule has 0 amide bonds. The van der Waals surface area contributed by atoms with E-state index in [0.29, 0.717) is 0 Å². The molecule has 0 fully saturated rings. The average Bonchev–Trinajstić information content (AvgIpc) is 3.16. The Bertz CT molecular complexity index is 2310. The van der Waals surface area contributed by atoms with E-state index in [1.165, 1.54) is 60.8 Å². The number of rotatable bonds is 7. The minimum absolute atomic E-state index is 1.11. The molecule has 8 aromatic carbocycles. The standard InChI is InChI=1S/C47H35N/c1-34-15-11-12-22-42(34)38-27-31-41(32-28-38)48(40-29-25-36(26-30-40)35-16-5-2-6-17-35)46-33-45(37-18-7-3-8-19-37)47(39-20-9-4-10-21-39)44-24-14-13-23-43(44)46/h2-33H,1H3. The second-order valence-corrected chi connectivity index (χ2v) is 12.2. The third-order valence-electron chi connectivity index (χ3n) is 9.23. The first-order valence-electron chi connectivity index (χ1n) is 16.5. The third-order valence-corrected chi connectivity index (χ3v) is 9.23. The normalized spacial score (nSPS) is 11.0. The molecule has 0 spiro atoms. The minimum atomic E-state index is 1.11. The van der Waals surface area contributed by atoms with Gasteiger partial charge in [0.2, 0.25) is 0 Å². The molecule has 48 heavy (non-hydrogen) atoms. The van der Waals surface area contributed by atoms with Crippen molar-refractivity contribution < 1.29 is 0 Å². The van der Waals surface area contributed by atoms with Crippen molar-refractivity contribution in [2.45, 2.75) is 6.92 Å². The molecular weight excluding hydrogens is 579 g/mol. The number of benzene rings is 8. The highest BCUT2D eigenvalue weighted by atomic mass is 15.1. The molecule has 0 atom stereocenters. The van der Waals surface area contributed by atoms with E-state index in [4.69, 9.17) is 0 Å². The summed E-state index contributed by atoms with van der Waals surface area (Å²) in [5.41, 5.74) is 14.4. The third kappa shape index (κ3) is 5.57. The van der Waals surface area contributed by atoms with E-state index >= 15 is 0 Å². The van der Waals surface area contributed by atoms with E-state index in [1.807, 2.05) is 0 Å². The van der Waals surface area contributed by atoms with E-state index in [0.717, 1.165) is 17.1 Å². The summed E-state index contributed by atoms with van der Waals surface area (Å²) in [4.78, 5) is 2.42. The van der Waals surface area contributed by atoms with Crippen molar-refractivity contribution in [3.8, 4) is 44.5 Å².